The van der Waals surface area contributed by atoms with Crippen LogP contribution < -0.4 is 5.32 Å². The van der Waals surface area contributed by atoms with Crippen molar-refractivity contribution in [3.63, 3.8) is 0 Å². The van der Waals surface area contributed by atoms with E-state index >= 15 is 0 Å². The second-order valence-electron chi connectivity index (χ2n) is 4.84. The Hall–Kier alpha value is 0.0700. The van der Waals surface area contributed by atoms with Crippen LogP contribution in [0.25, 0.3) is 0 Å². The minimum Gasteiger partial charge on any atom is -0.313 e. The summed E-state index contributed by atoms with van der Waals surface area (Å²) in [4.78, 5) is 2.42. The summed E-state index contributed by atoms with van der Waals surface area (Å²) in [6.45, 7) is 6.62. The Balaban J connectivity index is 2.31. The Bertz CT molecular complexity index is 223. The molecule has 1 N–H and O–H groups in total. The molecule has 0 aromatic carbocycles. The highest BCUT2D eigenvalue weighted by Gasteiger charge is 2.28. The number of likely N-dealkylation sites (tertiary alicyclic amines) is 1. The van der Waals surface area contributed by atoms with Gasteiger partial charge in [-0.15, -0.1) is 0 Å². The molecule has 1 saturated heterocycles. The Morgan fingerprint density at radius 3 is 2.73 bits per heavy atom. The Labute approximate surface area is 96.1 Å². The van der Waals surface area contributed by atoms with Gasteiger partial charge in [-0.25, -0.2) is 0 Å². The zero-order chi connectivity index (χ0) is 11.4. The minimum absolute atomic E-state index is 0.597. The predicted molar refractivity (Wildman–Crippen MR) is 66.6 cm³/mol. The van der Waals surface area contributed by atoms with E-state index in [9.17, 15) is 4.21 Å². The molecule has 0 spiro atoms. The lowest BCUT2D eigenvalue weighted by molar-refractivity contribution is 0.123. The van der Waals surface area contributed by atoms with E-state index in [2.05, 4.69) is 31.1 Å². The lowest BCUT2D eigenvalue weighted by atomic mass is 9.90. The largest absolute Gasteiger partial charge is 0.313 e. The third kappa shape index (κ3) is 4.21. The van der Waals surface area contributed by atoms with Crippen molar-refractivity contribution in [3.8, 4) is 0 Å². The Kier molecular flexibility index (Phi) is 5.23. The molecule has 0 saturated carbocycles. The molecule has 1 rings (SSSR count). The molecule has 3 nitrogen and oxygen atoms in total. The van der Waals surface area contributed by atoms with Crippen molar-refractivity contribution in [1.82, 2.24) is 10.2 Å². The number of piperidine rings is 1. The molecule has 15 heavy (non-hydrogen) atoms. The summed E-state index contributed by atoms with van der Waals surface area (Å²) in [6.07, 6.45) is 2.97. The van der Waals surface area contributed by atoms with Gasteiger partial charge in [0.1, 0.15) is 0 Å². The first-order valence-corrected chi connectivity index (χ1v) is 7.47. The van der Waals surface area contributed by atoms with Gasteiger partial charge < -0.3 is 10.2 Å². The molecule has 0 radical (unpaired) electrons. The Morgan fingerprint density at radius 2 is 2.13 bits per heavy atom. The van der Waals surface area contributed by atoms with Crippen LogP contribution in [0, 0.1) is 5.92 Å². The standard InChI is InChI=1S/C11H24N2OS/c1-9-8-13(3)10(2)7-11(9)12-5-6-15(4)14/h9-12H,5-8H2,1-4H3. The number of rotatable bonds is 4. The van der Waals surface area contributed by atoms with E-state index < -0.39 is 10.8 Å². The van der Waals surface area contributed by atoms with Gasteiger partial charge in [-0.2, -0.15) is 0 Å². The van der Waals surface area contributed by atoms with Crippen molar-refractivity contribution in [1.29, 1.82) is 0 Å². The summed E-state index contributed by atoms with van der Waals surface area (Å²) in [7, 11) is 1.52. The summed E-state index contributed by atoms with van der Waals surface area (Å²) in [5.74, 6) is 1.46. The molecule has 0 bridgehead atoms. The van der Waals surface area contributed by atoms with Crippen molar-refractivity contribution in [2.45, 2.75) is 32.4 Å². The maximum Gasteiger partial charge on any atom is 0.0357 e. The van der Waals surface area contributed by atoms with Crippen LogP contribution in [0.4, 0.5) is 0 Å². The monoisotopic (exact) mass is 232 g/mol. The van der Waals surface area contributed by atoms with Gasteiger partial charge in [0.15, 0.2) is 0 Å². The van der Waals surface area contributed by atoms with Gasteiger partial charge in [0, 0.05) is 48.0 Å². The number of hydrogen-bond acceptors (Lipinski definition) is 3. The first-order chi connectivity index (χ1) is 7.00. The van der Waals surface area contributed by atoms with Gasteiger partial charge in [-0.3, -0.25) is 4.21 Å². The molecule has 1 aliphatic rings. The van der Waals surface area contributed by atoms with Crippen molar-refractivity contribution in [3.05, 3.63) is 0 Å². The average Bonchev–Trinajstić information content (AvgIpc) is 2.13. The van der Waals surface area contributed by atoms with E-state index in [0.29, 0.717) is 18.0 Å². The molecule has 1 aliphatic heterocycles. The third-order valence-electron chi connectivity index (χ3n) is 3.41. The number of nitrogens with zero attached hydrogens (tertiary/aromatic N) is 1. The molecule has 0 amide bonds. The highest BCUT2D eigenvalue weighted by Crippen LogP contribution is 2.20. The lowest BCUT2D eigenvalue weighted by Gasteiger charge is -2.40. The zero-order valence-electron chi connectivity index (χ0n) is 10.3. The van der Waals surface area contributed by atoms with Crippen molar-refractivity contribution in [2.75, 3.05) is 32.1 Å². The lowest BCUT2D eigenvalue weighted by Crippen LogP contribution is -2.51. The van der Waals surface area contributed by atoms with Gasteiger partial charge >= 0.3 is 0 Å². The summed E-state index contributed by atoms with van der Waals surface area (Å²) < 4.78 is 10.9. The van der Waals surface area contributed by atoms with E-state index in [1.54, 1.807) is 6.26 Å². The highest BCUT2D eigenvalue weighted by molar-refractivity contribution is 7.84. The van der Waals surface area contributed by atoms with Crippen molar-refractivity contribution >= 4 is 10.8 Å². The topological polar surface area (TPSA) is 32.3 Å². The van der Waals surface area contributed by atoms with E-state index in [1.165, 1.54) is 6.42 Å². The highest BCUT2D eigenvalue weighted by atomic mass is 32.2. The van der Waals surface area contributed by atoms with Crippen LogP contribution in [0.5, 0.6) is 0 Å². The first kappa shape index (κ1) is 13.1. The van der Waals surface area contributed by atoms with Gasteiger partial charge in [0.05, 0.1) is 0 Å². The second-order valence-corrected chi connectivity index (χ2v) is 6.39. The second kappa shape index (κ2) is 5.97. The van der Waals surface area contributed by atoms with Crippen LogP contribution in [-0.4, -0.2) is 53.3 Å². The summed E-state index contributed by atoms with van der Waals surface area (Å²) in [5, 5.41) is 3.53. The normalized spacial score (nSPS) is 35.3. The SMILES string of the molecule is CC1CN(C)C(C)CC1NCCS(C)=O. The van der Waals surface area contributed by atoms with E-state index in [-0.39, 0.29) is 0 Å². The molecule has 90 valence electrons. The summed E-state index contributed by atoms with van der Waals surface area (Å²) >= 11 is 0. The van der Waals surface area contributed by atoms with Crippen molar-refractivity contribution < 1.29 is 4.21 Å². The summed E-state index contributed by atoms with van der Waals surface area (Å²) in [6, 6.07) is 1.26. The first-order valence-electron chi connectivity index (χ1n) is 5.74. The van der Waals surface area contributed by atoms with Gasteiger partial charge in [-0.05, 0) is 26.3 Å². The quantitative estimate of drug-likeness (QED) is 0.774. The molecule has 4 unspecified atom stereocenters. The minimum atomic E-state index is -0.670. The maximum absolute atomic E-state index is 10.9. The fraction of sp³-hybridized carbons (Fsp3) is 1.00. The molecule has 0 aromatic rings. The predicted octanol–water partition coefficient (Wildman–Crippen LogP) is 0.683. The van der Waals surface area contributed by atoms with Gasteiger partial charge in [0.2, 0.25) is 0 Å². The smallest absolute Gasteiger partial charge is 0.0357 e. The fourth-order valence-corrected chi connectivity index (χ4v) is 2.62. The molecular weight excluding hydrogens is 208 g/mol. The van der Waals surface area contributed by atoms with Gasteiger partial charge in [0.25, 0.3) is 0 Å². The molecule has 1 heterocycles. The third-order valence-corrected chi connectivity index (χ3v) is 4.19. The van der Waals surface area contributed by atoms with Crippen molar-refractivity contribution in [2.24, 2.45) is 5.92 Å². The van der Waals surface area contributed by atoms with Crippen LogP contribution in [0.15, 0.2) is 0 Å². The number of nitrogens with one attached hydrogen (secondary N) is 1. The van der Waals surface area contributed by atoms with Crippen LogP contribution in [0.1, 0.15) is 20.3 Å². The van der Waals surface area contributed by atoms with Crippen LogP contribution in [0.3, 0.4) is 0 Å². The number of hydrogen-bond donors (Lipinski definition) is 1. The van der Waals surface area contributed by atoms with Crippen LogP contribution >= 0.6 is 0 Å². The van der Waals surface area contributed by atoms with Crippen LogP contribution in [-0.2, 0) is 10.8 Å². The maximum atomic E-state index is 10.9. The van der Waals surface area contributed by atoms with Crippen LogP contribution in [0.2, 0.25) is 0 Å². The molecular formula is C11H24N2OS. The Morgan fingerprint density at radius 1 is 1.47 bits per heavy atom. The zero-order valence-corrected chi connectivity index (χ0v) is 11.1. The molecule has 4 atom stereocenters. The summed E-state index contributed by atoms with van der Waals surface area (Å²) in [5.41, 5.74) is 0. The molecule has 4 heteroatoms. The molecule has 0 aliphatic carbocycles. The van der Waals surface area contributed by atoms with E-state index in [1.807, 2.05) is 0 Å². The molecule has 0 aromatic heterocycles. The van der Waals surface area contributed by atoms with Gasteiger partial charge in [-0.1, -0.05) is 6.92 Å². The fourth-order valence-electron chi connectivity index (χ4n) is 2.21. The van der Waals surface area contributed by atoms with E-state index in [4.69, 9.17) is 0 Å². The molecule has 1 fully saturated rings. The average molecular weight is 232 g/mol. The van der Waals surface area contributed by atoms with E-state index in [0.717, 1.165) is 18.8 Å².